The van der Waals surface area contributed by atoms with Crippen LogP contribution in [-0.2, 0) is 10.0 Å². The molecule has 0 saturated carbocycles. The van der Waals surface area contributed by atoms with E-state index in [-0.39, 0.29) is 17.0 Å². The van der Waals surface area contributed by atoms with Crippen LogP contribution in [0.3, 0.4) is 0 Å². The fourth-order valence-electron chi connectivity index (χ4n) is 1.81. The van der Waals surface area contributed by atoms with Crippen molar-refractivity contribution < 1.29 is 8.42 Å². The summed E-state index contributed by atoms with van der Waals surface area (Å²) in [5, 5.41) is 6.39. The van der Waals surface area contributed by atoms with E-state index in [1.165, 1.54) is 0 Å². The lowest BCUT2D eigenvalue weighted by atomic mass is 10.1. The Labute approximate surface area is 139 Å². The van der Waals surface area contributed by atoms with Crippen molar-refractivity contribution in [2.75, 3.05) is 19.6 Å². The molecule has 0 amide bonds. The number of guanidine groups is 1. The van der Waals surface area contributed by atoms with Gasteiger partial charge in [0.15, 0.2) is 5.96 Å². The molecule has 0 unspecified atom stereocenters. The predicted molar refractivity (Wildman–Crippen MR) is 95.2 cm³/mol. The fraction of sp³-hybridized carbons (Fsp3) is 0.562. The average Bonchev–Trinajstić information content (AvgIpc) is 2.42. The van der Waals surface area contributed by atoms with E-state index in [1.807, 2.05) is 34.6 Å². The second kappa shape index (κ2) is 8.31. The number of sulfonamides is 1. The smallest absolute Gasteiger partial charge is 0.240 e. The van der Waals surface area contributed by atoms with Gasteiger partial charge in [-0.15, -0.1) is 0 Å². The van der Waals surface area contributed by atoms with E-state index in [4.69, 9.17) is 0 Å². The molecule has 3 N–H and O–H groups in total. The molecule has 23 heavy (non-hydrogen) atoms. The van der Waals surface area contributed by atoms with E-state index in [9.17, 15) is 8.42 Å². The van der Waals surface area contributed by atoms with E-state index < -0.39 is 10.0 Å². The summed E-state index contributed by atoms with van der Waals surface area (Å²) in [4.78, 5) is 4.65. The summed E-state index contributed by atoms with van der Waals surface area (Å²) in [7, 11) is -3.48. The molecule has 7 heteroatoms. The number of benzene rings is 1. The number of nitrogens with one attached hydrogen (secondary N) is 3. The van der Waals surface area contributed by atoms with Crippen LogP contribution in [0.15, 0.2) is 34.2 Å². The van der Waals surface area contributed by atoms with Crippen LogP contribution in [-0.4, -0.2) is 39.6 Å². The molecular weight excluding hydrogens is 312 g/mol. The Morgan fingerprint density at radius 3 is 2.30 bits per heavy atom. The Balaban J connectivity index is 2.60. The van der Waals surface area contributed by atoms with Crippen LogP contribution in [0.1, 0.15) is 33.3 Å². The maximum Gasteiger partial charge on any atom is 0.240 e. The molecule has 1 rings (SSSR count). The maximum absolute atomic E-state index is 12.2. The second-order valence-electron chi connectivity index (χ2n) is 6.35. The molecule has 1 aromatic carbocycles. The molecule has 6 nitrogen and oxygen atoms in total. The van der Waals surface area contributed by atoms with Gasteiger partial charge in [-0.1, -0.05) is 17.7 Å². The minimum absolute atomic E-state index is 0.109. The first kappa shape index (κ1) is 19.4. The van der Waals surface area contributed by atoms with Gasteiger partial charge in [-0.05, 0) is 46.8 Å². The number of hydrogen-bond donors (Lipinski definition) is 3. The third-order valence-corrected chi connectivity index (χ3v) is 4.32. The van der Waals surface area contributed by atoms with Gasteiger partial charge in [-0.2, -0.15) is 0 Å². The van der Waals surface area contributed by atoms with Gasteiger partial charge in [0.25, 0.3) is 0 Å². The quantitative estimate of drug-likeness (QED) is 0.417. The van der Waals surface area contributed by atoms with Crippen LogP contribution >= 0.6 is 0 Å². The van der Waals surface area contributed by atoms with Crippen molar-refractivity contribution in [1.82, 2.24) is 15.4 Å². The first-order chi connectivity index (χ1) is 10.6. The Morgan fingerprint density at radius 2 is 1.78 bits per heavy atom. The van der Waals surface area contributed by atoms with Gasteiger partial charge in [-0.3, -0.25) is 4.99 Å². The van der Waals surface area contributed by atoms with Gasteiger partial charge < -0.3 is 10.6 Å². The predicted octanol–water partition coefficient (Wildman–Crippen LogP) is 1.63. The molecule has 0 radical (unpaired) electrons. The topological polar surface area (TPSA) is 82.6 Å². The number of aryl methyl sites for hydroxylation is 1. The molecule has 1 aromatic rings. The zero-order valence-corrected chi connectivity index (χ0v) is 15.4. The Kier molecular flexibility index (Phi) is 7.02. The molecule has 0 bridgehead atoms. The largest absolute Gasteiger partial charge is 0.357 e. The summed E-state index contributed by atoms with van der Waals surface area (Å²) in [6, 6.07) is 6.77. The highest BCUT2D eigenvalue weighted by molar-refractivity contribution is 7.89. The van der Waals surface area contributed by atoms with Gasteiger partial charge >= 0.3 is 0 Å². The van der Waals surface area contributed by atoms with Crippen molar-refractivity contribution in [2.45, 2.75) is 45.1 Å². The fourth-order valence-corrected chi connectivity index (χ4v) is 2.83. The van der Waals surface area contributed by atoms with Crippen LogP contribution < -0.4 is 15.4 Å². The van der Waals surface area contributed by atoms with Crippen molar-refractivity contribution >= 4 is 16.0 Å². The lowest BCUT2D eigenvalue weighted by Crippen LogP contribution is -2.47. The number of aliphatic imine (C=N–C) groups is 1. The Bertz CT molecular complexity index is 616. The molecule has 0 fully saturated rings. The monoisotopic (exact) mass is 340 g/mol. The van der Waals surface area contributed by atoms with E-state index in [1.54, 1.807) is 24.3 Å². The SMILES string of the molecule is CCNC(=NCCNS(=O)(=O)c1ccc(C)cc1)NC(C)(C)C. The molecule has 0 atom stereocenters. The molecule has 0 spiro atoms. The highest BCUT2D eigenvalue weighted by Crippen LogP contribution is 2.09. The van der Waals surface area contributed by atoms with E-state index in [0.29, 0.717) is 12.5 Å². The van der Waals surface area contributed by atoms with Crippen LogP contribution in [0.4, 0.5) is 0 Å². The summed E-state index contributed by atoms with van der Waals surface area (Å²) in [5.41, 5.74) is 0.916. The van der Waals surface area contributed by atoms with Crippen LogP contribution in [0.2, 0.25) is 0 Å². The van der Waals surface area contributed by atoms with Crippen molar-refractivity contribution in [3.8, 4) is 0 Å². The molecule has 0 aliphatic rings. The Hall–Kier alpha value is -1.60. The van der Waals surface area contributed by atoms with Gasteiger partial charge in [0.05, 0.1) is 11.4 Å². The van der Waals surface area contributed by atoms with Gasteiger partial charge in [0, 0.05) is 18.6 Å². The lowest BCUT2D eigenvalue weighted by Gasteiger charge is -2.23. The van der Waals surface area contributed by atoms with E-state index in [2.05, 4.69) is 20.3 Å². The zero-order valence-electron chi connectivity index (χ0n) is 14.6. The third-order valence-electron chi connectivity index (χ3n) is 2.84. The standard InChI is InChI=1S/C16H28N4O2S/c1-6-17-15(20-16(3,4)5)18-11-12-19-23(21,22)14-9-7-13(2)8-10-14/h7-10,19H,6,11-12H2,1-5H3,(H2,17,18,20). The minimum atomic E-state index is -3.48. The van der Waals surface area contributed by atoms with Gasteiger partial charge in [0.1, 0.15) is 0 Å². The molecule has 130 valence electrons. The van der Waals surface area contributed by atoms with Crippen molar-refractivity contribution in [2.24, 2.45) is 4.99 Å². The minimum Gasteiger partial charge on any atom is -0.357 e. The molecule has 0 saturated heterocycles. The van der Waals surface area contributed by atoms with Crippen LogP contribution in [0.25, 0.3) is 0 Å². The summed E-state index contributed by atoms with van der Waals surface area (Å²) in [6.45, 7) is 11.4. The van der Waals surface area contributed by atoms with E-state index in [0.717, 1.165) is 12.1 Å². The lowest BCUT2D eigenvalue weighted by molar-refractivity contribution is 0.501. The number of hydrogen-bond acceptors (Lipinski definition) is 3. The van der Waals surface area contributed by atoms with E-state index >= 15 is 0 Å². The number of nitrogens with zero attached hydrogens (tertiary/aromatic N) is 1. The van der Waals surface area contributed by atoms with Crippen LogP contribution in [0.5, 0.6) is 0 Å². The molecule has 0 aromatic heterocycles. The first-order valence-electron chi connectivity index (χ1n) is 7.77. The third kappa shape index (κ3) is 7.47. The maximum atomic E-state index is 12.2. The molecule has 0 aliphatic heterocycles. The highest BCUT2D eigenvalue weighted by Gasteiger charge is 2.13. The molecular formula is C16H28N4O2S. The van der Waals surface area contributed by atoms with Crippen molar-refractivity contribution in [3.05, 3.63) is 29.8 Å². The van der Waals surface area contributed by atoms with Crippen molar-refractivity contribution in [1.29, 1.82) is 0 Å². The zero-order chi connectivity index (χ0) is 17.5. The van der Waals surface area contributed by atoms with Gasteiger partial charge in [0.2, 0.25) is 10.0 Å². The van der Waals surface area contributed by atoms with Gasteiger partial charge in [-0.25, -0.2) is 13.1 Å². The summed E-state index contributed by atoms with van der Waals surface area (Å²) < 4.78 is 26.9. The summed E-state index contributed by atoms with van der Waals surface area (Å²) in [6.07, 6.45) is 0. The molecule has 0 heterocycles. The first-order valence-corrected chi connectivity index (χ1v) is 9.25. The molecule has 0 aliphatic carbocycles. The number of rotatable bonds is 6. The van der Waals surface area contributed by atoms with Crippen LogP contribution in [0, 0.1) is 6.92 Å². The summed E-state index contributed by atoms with van der Waals surface area (Å²) >= 11 is 0. The average molecular weight is 340 g/mol. The second-order valence-corrected chi connectivity index (χ2v) is 8.11. The summed E-state index contributed by atoms with van der Waals surface area (Å²) in [5.74, 6) is 0.675. The Morgan fingerprint density at radius 1 is 1.17 bits per heavy atom. The normalized spacial score (nSPS) is 13.0. The van der Waals surface area contributed by atoms with Crippen molar-refractivity contribution in [3.63, 3.8) is 0 Å². The highest BCUT2D eigenvalue weighted by atomic mass is 32.2.